The zero-order valence-corrected chi connectivity index (χ0v) is 9.89. The minimum absolute atomic E-state index is 0.648. The highest BCUT2D eigenvalue weighted by Crippen LogP contribution is 2.31. The van der Waals surface area contributed by atoms with Gasteiger partial charge in [-0.05, 0) is 12.2 Å². The van der Waals surface area contributed by atoms with E-state index < -0.39 is 0 Å². The zero-order valence-electron chi connectivity index (χ0n) is 9.08. The van der Waals surface area contributed by atoms with Crippen molar-refractivity contribution < 1.29 is 9.58 Å². The summed E-state index contributed by atoms with van der Waals surface area (Å²) in [6, 6.07) is 0. The molecule has 0 saturated heterocycles. The summed E-state index contributed by atoms with van der Waals surface area (Å²) >= 11 is 1.64. The van der Waals surface area contributed by atoms with E-state index in [4.69, 9.17) is 11.1 Å². The van der Waals surface area contributed by atoms with Gasteiger partial charge in [0.05, 0.1) is 12.8 Å². The number of rotatable bonds is 2. The molecule has 0 saturated carbocycles. The summed E-state index contributed by atoms with van der Waals surface area (Å²) in [6.07, 6.45) is 12.8. The maximum atomic E-state index is 8.60. The molecule has 0 aliphatic heterocycles. The topological polar surface area (TPSA) is 72.8 Å². The standard InChI is InChI=1S/C12H10N4S/c13-15-9-1-5-11(6-2-9)17-12-7-3-10(16-14)4-8-12/h1,3,5-8H,2,4H2. The Morgan fingerprint density at radius 1 is 0.824 bits per heavy atom. The fourth-order valence-corrected chi connectivity index (χ4v) is 2.35. The monoisotopic (exact) mass is 242 g/mol. The Kier molecular flexibility index (Phi) is 3.68. The lowest BCUT2D eigenvalue weighted by Gasteiger charge is -2.07. The number of nitrogens with zero attached hydrogens (tertiary/aromatic N) is 4. The molecule has 0 unspecified atom stereocenters. The van der Waals surface area contributed by atoms with Gasteiger partial charge >= 0.3 is 0 Å². The van der Waals surface area contributed by atoms with Crippen molar-refractivity contribution in [1.82, 2.24) is 0 Å². The Hall–Kier alpha value is -1.93. The van der Waals surface area contributed by atoms with Gasteiger partial charge < -0.3 is 11.1 Å². The van der Waals surface area contributed by atoms with Crippen LogP contribution in [-0.4, -0.2) is 21.0 Å². The summed E-state index contributed by atoms with van der Waals surface area (Å²) in [5.74, 6) is 0. The van der Waals surface area contributed by atoms with E-state index in [1.54, 1.807) is 23.9 Å². The van der Waals surface area contributed by atoms with Crippen LogP contribution < -0.4 is 0 Å². The summed E-state index contributed by atoms with van der Waals surface area (Å²) in [5.41, 5.74) is 18.5. The average molecular weight is 242 g/mol. The number of thioether (sulfide) groups is 1. The quantitative estimate of drug-likeness (QED) is 0.542. The SMILES string of the molecule is [N-]=[N+]=C1C=CC(SC2=CCC(=[N+]=[N-])C=C2)=CC1. The summed E-state index contributed by atoms with van der Waals surface area (Å²) in [4.78, 5) is 8.55. The van der Waals surface area contributed by atoms with Crippen LogP contribution in [0.5, 0.6) is 0 Å². The molecule has 84 valence electrons. The van der Waals surface area contributed by atoms with E-state index in [2.05, 4.69) is 9.58 Å². The second-order valence-electron chi connectivity index (χ2n) is 3.57. The van der Waals surface area contributed by atoms with Crippen LogP contribution >= 0.6 is 11.8 Å². The van der Waals surface area contributed by atoms with Gasteiger partial charge in [0.15, 0.2) is 0 Å². The molecule has 5 heteroatoms. The highest BCUT2D eigenvalue weighted by Gasteiger charge is 2.12. The van der Waals surface area contributed by atoms with Gasteiger partial charge in [0, 0.05) is 22.0 Å². The van der Waals surface area contributed by atoms with Gasteiger partial charge in [-0.3, -0.25) is 0 Å². The first-order chi connectivity index (χ1) is 8.31. The Bertz CT molecular complexity index is 503. The minimum atomic E-state index is 0.648. The van der Waals surface area contributed by atoms with Crippen LogP contribution in [0.25, 0.3) is 11.1 Å². The lowest BCUT2D eigenvalue weighted by atomic mass is 10.1. The normalized spacial score (nSPS) is 18.4. The number of allylic oxidation sites excluding steroid dienone is 6. The summed E-state index contributed by atoms with van der Waals surface area (Å²) in [6.45, 7) is 0. The molecule has 0 aromatic heterocycles. The number of hydrogen-bond acceptors (Lipinski definition) is 1. The molecule has 0 radical (unpaired) electrons. The highest BCUT2D eigenvalue weighted by atomic mass is 32.2. The molecule has 2 rings (SSSR count). The summed E-state index contributed by atoms with van der Waals surface area (Å²) < 4.78 is 0. The molecule has 0 atom stereocenters. The van der Waals surface area contributed by atoms with Crippen LogP contribution in [0.2, 0.25) is 0 Å². The Morgan fingerprint density at radius 2 is 1.29 bits per heavy atom. The molecule has 2 aliphatic carbocycles. The predicted molar refractivity (Wildman–Crippen MR) is 68.5 cm³/mol. The molecule has 17 heavy (non-hydrogen) atoms. The van der Waals surface area contributed by atoms with E-state index in [1.165, 1.54) is 0 Å². The molecule has 0 heterocycles. The van der Waals surface area contributed by atoms with Crippen molar-refractivity contribution in [1.29, 1.82) is 0 Å². The third kappa shape index (κ3) is 3.02. The third-order valence-electron chi connectivity index (χ3n) is 2.40. The van der Waals surface area contributed by atoms with Gasteiger partial charge in [0.1, 0.15) is 0 Å². The first-order valence-corrected chi connectivity index (χ1v) is 5.99. The van der Waals surface area contributed by atoms with E-state index in [1.807, 2.05) is 24.3 Å². The minimum Gasteiger partial charge on any atom is -0.361 e. The summed E-state index contributed by atoms with van der Waals surface area (Å²) in [5, 5.41) is 0. The van der Waals surface area contributed by atoms with Gasteiger partial charge in [0.25, 0.3) is 11.4 Å². The molecule has 4 nitrogen and oxygen atoms in total. The van der Waals surface area contributed by atoms with Crippen molar-refractivity contribution in [2.45, 2.75) is 12.8 Å². The van der Waals surface area contributed by atoms with Gasteiger partial charge in [-0.15, -0.1) is 0 Å². The fourth-order valence-electron chi connectivity index (χ4n) is 1.47. The van der Waals surface area contributed by atoms with E-state index in [0.717, 1.165) is 9.81 Å². The van der Waals surface area contributed by atoms with Crippen molar-refractivity contribution in [2.24, 2.45) is 0 Å². The molecule has 2 aliphatic rings. The van der Waals surface area contributed by atoms with Gasteiger partial charge in [0.2, 0.25) is 0 Å². The van der Waals surface area contributed by atoms with Gasteiger partial charge in [-0.1, -0.05) is 23.9 Å². The lowest BCUT2D eigenvalue weighted by molar-refractivity contribution is -0.00585. The van der Waals surface area contributed by atoms with Crippen molar-refractivity contribution in [2.75, 3.05) is 0 Å². The smallest absolute Gasteiger partial charge is 0.295 e. The van der Waals surface area contributed by atoms with E-state index in [-0.39, 0.29) is 0 Å². The fraction of sp³-hybridized carbons (Fsp3) is 0.167. The van der Waals surface area contributed by atoms with E-state index >= 15 is 0 Å². The van der Waals surface area contributed by atoms with Crippen LogP contribution in [-0.2, 0) is 0 Å². The Labute approximate surface area is 103 Å². The Morgan fingerprint density at radius 3 is 1.59 bits per heavy atom. The second-order valence-corrected chi connectivity index (χ2v) is 4.72. The highest BCUT2D eigenvalue weighted by molar-refractivity contribution is 8.07. The zero-order chi connectivity index (χ0) is 12.1. The van der Waals surface area contributed by atoms with Crippen LogP contribution in [0.1, 0.15) is 12.8 Å². The molecule has 0 aromatic rings. The lowest BCUT2D eigenvalue weighted by Crippen LogP contribution is -1.99. The van der Waals surface area contributed by atoms with Crippen LogP contribution in [0.4, 0.5) is 0 Å². The molecule has 0 spiro atoms. The van der Waals surface area contributed by atoms with Crippen molar-refractivity contribution in [3.63, 3.8) is 0 Å². The largest absolute Gasteiger partial charge is 0.361 e. The molecule has 0 fully saturated rings. The first kappa shape index (κ1) is 11.6. The Balaban J connectivity index is 2.01. The first-order valence-electron chi connectivity index (χ1n) is 5.18. The molecule has 0 amide bonds. The maximum Gasteiger partial charge on any atom is 0.295 e. The van der Waals surface area contributed by atoms with Crippen LogP contribution in [0, 0.1) is 0 Å². The van der Waals surface area contributed by atoms with Crippen LogP contribution in [0.3, 0.4) is 0 Å². The molecular weight excluding hydrogens is 232 g/mol. The average Bonchev–Trinajstić information content (AvgIpc) is 2.40. The van der Waals surface area contributed by atoms with E-state index in [9.17, 15) is 0 Å². The van der Waals surface area contributed by atoms with Crippen molar-refractivity contribution >= 4 is 23.2 Å². The van der Waals surface area contributed by atoms with Crippen molar-refractivity contribution in [3.8, 4) is 0 Å². The van der Waals surface area contributed by atoms with E-state index in [0.29, 0.717) is 24.3 Å². The molecule has 0 N–H and O–H groups in total. The molecule has 0 aromatic carbocycles. The molecule has 0 bridgehead atoms. The maximum absolute atomic E-state index is 8.60. The predicted octanol–water partition coefficient (Wildman–Crippen LogP) is 2.75. The second kappa shape index (κ2) is 5.41. The van der Waals surface area contributed by atoms with Crippen LogP contribution in [0.15, 0.2) is 46.3 Å². The number of hydrogen-bond donors (Lipinski definition) is 0. The molecular formula is C12H10N4S. The summed E-state index contributed by atoms with van der Waals surface area (Å²) in [7, 11) is 0. The van der Waals surface area contributed by atoms with Crippen molar-refractivity contribution in [3.05, 3.63) is 57.3 Å². The van der Waals surface area contributed by atoms with Gasteiger partial charge in [-0.25, -0.2) is 0 Å². The third-order valence-corrected chi connectivity index (χ3v) is 3.47. The van der Waals surface area contributed by atoms with Gasteiger partial charge in [-0.2, -0.15) is 9.58 Å².